The molecule has 0 atom stereocenters. The molecule has 5 nitrogen and oxygen atoms in total. The third-order valence-electron chi connectivity index (χ3n) is 3.27. The summed E-state index contributed by atoms with van der Waals surface area (Å²) in [7, 11) is 0. The topological polar surface area (TPSA) is 92.4 Å². The van der Waals surface area contributed by atoms with Crippen LogP contribution in [0, 0.1) is 0 Å². The molecule has 1 saturated carbocycles. The first kappa shape index (κ1) is 14.0. The van der Waals surface area contributed by atoms with Crippen molar-refractivity contribution in [1.82, 2.24) is 5.32 Å². The van der Waals surface area contributed by atoms with Gasteiger partial charge in [-0.15, -0.1) is 0 Å². The molecule has 0 radical (unpaired) electrons. The van der Waals surface area contributed by atoms with Gasteiger partial charge in [0.25, 0.3) is 0 Å². The van der Waals surface area contributed by atoms with E-state index in [1.807, 2.05) is 0 Å². The van der Waals surface area contributed by atoms with Crippen LogP contribution in [0.2, 0.25) is 0 Å². The van der Waals surface area contributed by atoms with Gasteiger partial charge in [0.1, 0.15) is 0 Å². The summed E-state index contributed by atoms with van der Waals surface area (Å²) in [6, 6.07) is 0. The van der Waals surface area contributed by atoms with Crippen molar-refractivity contribution >= 4 is 11.8 Å². The fourth-order valence-corrected chi connectivity index (χ4v) is 2.23. The Balaban J connectivity index is 2.05. The van der Waals surface area contributed by atoms with E-state index < -0.39 is 5.60 Å². The molecule has 0 bridgehead atoms. The first-order chi connectivity index (χ1) is 8.02. The molecule has 0 aromatic carbocycles. The smallest absolute Gasteiger partial charge is 0.220 e. The van der Waals surface area contributed by atoms with E-state index >= 15 is 0 Å². The Hall–Kier alpha value is -1.10. The molecule has 1 fully saturated rings. The third-order valence-corrected chi connectivity index (χ3v) is 3.27. The van der Waals surface area contributed by atoms with Crippen LogP contribution < -0.4 is 11.1 Å². The average molecular weight is 242 g/mol. The second-order valence-electron chi connectivity index (χ2n) is 4.85. The maximum Gasteiger partial charge on any atom is 0.220 e. The zero-order chi connectivity index (χ0) is 12.7. The van der Waals surface area contributed by atoms with Crippen LogP contribution in [0.3, 0.4) is 0 Å². The summed E-state index contributed by atoms with van der Waals surface area (Å²) in [5.74, 6) is -0.453. The predicted octanol–water partition coefficient (Wildman–Crippen LogP) is 0.453. The van der Waals surface area contributed by atoms with Crippen LogP contribution in [-0.2, 0) is 9.59 Å². The number of hydrogen-bond acceptors (Lipinski definition) is 3. The highest BCUT2D eigenvalue weighted by molar-refractivity contribution is 5.77. The van der Waals surface area contributed by atoms with E-state index in [9.17, 15) is 14.7 Å². The molecule has 0 unspecified atom stereocenters. The Morgan fingerprint density at radius 3 is 2.47 bits per heavy atom. The van der Waals surface area contributed by atoms with Crippen LogP contribution in [0.1, 0.15) is 51.4 Å². The van der Waals surface area contributed by atoms with Crippen LogP contribution in [-0.4, -0.2) is 29.1 Å². The first-order valence-electron chi connectivity index (χ1n) is 6.29. The largest absolute Gasteiger partial charge is 0.390 e. The van der Waals surface area contributed by atoms with Crippen molar-refractivity contribution in [2.75, 3.05) is 6.54 Å². The Bertz CT molecular complexity index is 273. The van der Waals surface area contributed by atoms with Crippen molar-refractivity contribution < 1.29 is 14.7 Å². The van der Waals surface area contributed by atoms with Crippen molar-refractivity contribution in [1.29, 1.82) is 0 Å². The summed E-state index contributed by atoms with van der Waals surface area (Å²) < 4.78 is 0. The van der Waals surface area contributed by atoms with E-state index in [1.54, 1.807) is 0 Å². The fraction of sp³-hybridized carbons (Fsp3) is 0.833. The number of rotatable bonds is 7. The van der Waals surface area contributed by atoms with Crippen molar-refractivity contribution in [2.45, 2.75) is 57.0 Å². The lowest BCUT2D eigenvalue weighted by atomic mass is 9.98. The van der Waals surface area contributed by atoms with E-state index in [2.05, 4.69) is 5.32 Å². The van der Waals surface area contributed by atoms with Crippen molar-refractivity contribution in [3.05, 3.63) is 0 Å². The number of carbonyl (C=O) groups is 2. The summed E-state index contributed by atoms with van der Waals surface area (Å²) >= 11 is 0. The molecular weight excluding hydrogens is 220 g/mol. The predicted molar refractivity (Wildman–Crippen MR) is 64.1 cm³/mol. The second kappa shape index (κ2) is 6.59. The Labute approximate surface area is 102 Å². The highest BCUT2D eigenvalue weighted by Gasteiger charge is 2.30. The van der Waals surface area contributed by atoms with Gasteiger partial charge in [-0.05, 0) is 25.7 Å². The van der Waals surface area contributed by atoms with Gasteiger partial charge in [0, 0.05) is 19.4 Å². The van der Waals surface area contributed by atoms with Crippen molar-refractivity contribution in [2.24, 2.45) is 5.73 Å². The number of aliphatic hydroxyl groups is 1. The molecule has 98 valence electrons. The quantitative estimate of drug-likeness (QED) is 0.605. The van der Waals surface area contributed by atoms with E-state index in [0.717, 1.165) is 25.7 Å². The number of nitrogens with one attached hydrogen (secondary N) is 1. The minimum Gasteiger partial charge on any atom is -0.390 e. The van der Waals surface area contributed by atoms with E-state index in [0.29, 0.717) is 25.8 Å². The van der Waals surface area contributed by atoms with Gasteiger partial charge in [-0.25, -0.2) is 0 Å². The molecule has 0 saturated heterocycles. The Kier molecular flexibility index (Phi) is 5.41. The fourth-order valence-electron chi connectivity index (χ4n) is 2.23. The Morgan fingerprint density at radius 1 is 1.24 bits per heavy atom. The van der Waals surface area contributed by atoms with Gasteiger partial charge < -0.3 is 16.2 Å². The minimum atomic E-state index is -0.569. The Morgan fingerprint density at radius 2 is 1.88 bits per heavy atom. The van der Waals surface area contributed by atoms with Crippen LogP contribution >= 0.6 is 0 Å². The monoisotopic (exact) mass is 242 g/mol. The molecule has 0 spiro atoms. The summed E-state index contributed by atoms with van der Waals surface area (Å²) in [5.41, 5.74) is 4.41. The van der Waals surface area contributed by atoms with Gasteiger partial charge in [-0.3, -0.25) is 9.59 Å². The average Bonchev–Trinajstić information content (AvgIpc) is 2.65. The summed E-state index contributed by atoms with van der Waals surface area (Å²) in [6.45, 7) is 0.506. The summed E-state index contributed by atoms with van der Waals surface area (Å²) in [6.07, 6.45) is 5.50. The normalized spacial score (nSPS) is 17.9. The molecule has 1 rings (SSSR count). The van der Waals surface area contributed by atoms with E-state index in [-0.39, 0.29) is 18.2 Å². The number of amides is 2. The van der Waals surface area contributed by atoms with Crippen LogP contribution in [0.5, 0.6) is 0 Å². The van der Waals surface area contributed by atoms with Crippen molar-refractivity contribution in [3.8, 4) is 0 Å². The summed E-state index contributed by atoms with van der Waals surface area (Å²) in [4.78, 5) is 21.8. The van der Waals surface area contributed by atoms with Gasteiger partial charge in [0.15, 0.2) is 0 Å². The zero-order valence-electron chi connectivity index (χ0n) is 10.2. The minimum absolute atomic E-state index is 0.0761. The SMILES string of the molecule is NC(=O)CCCC(=O)NCCC1(O)CCCC1. The molecular formula is C12H22N2O3. The number of nitrogens with two attached hydrogens (primary N) is 1. The standard InChI is InChI=1S/C12H22N2O3/c13-10(15)4-3-5-11(16)14-9-8-12(17)6-1-2-7-12/h17H,1-9H2,(H2,13,15)(H,14,16). The third kappa shape index (κ3) is 5.68. The lowest BCUT2D eigenvalue weighted by molar-refractivity contribution is -0.121. The van der Waals surface area contributed by atoms with Gasteiger partial charge in [-0.2, -0.15) is 0 Å². The molecule has 0 aromatic heterocycles. The molecule has 4 N–H and O–H groups in total. The molecule has 1 aliphatic carbocycles. The van der Waals surface area contributed by atoms with Gasteiger partial charge in [0.05, 0.1) is 5.60 Å². The van der Waals surface area contributed by atoms with Gasteiger partial charge >= 0.3 is 0 Å². The van der Waals surface area contributed by atoms with E-state index in [4.69, 9.17) is 5.73 Å². The summed E-state index contributed by atoms with van der Waals surface area (Å²) in [5, 5.41) is 12.8. The lowest BCUT2D eigenvalue weighted by Gasteiger charge is -2.21. The molecule has 1 aliphatic rings. The zero-order valence-corrected chi connectivity index (χ0v) is 10.2. The van der Waals surface area contributed by atoms with Gasteiger partial charge in [0.2, 0.25) is 11.8 Å². The van der Waals surface area contributed by atoms with Crippen LogP contribution in [0.25, 0.3) is 0 Å². The molecule has 2 amide bonds. The van der Waals surface area contributed by atoms with E-state index in [1.165, 1.54) is 0 Å². The first-order valence-corrected chi connectivity index (χ1v) is 6.29. The van der Waals surface area contributed by atoms with Crippen LogP contribution in [0.4, 0.5) is 0 Å². The van der Waals surface area contributed by atoms with Crippen LogP contribution in [0.15, 0.2) is 0 Å². The van der Waals surface area contributed by atoms with Gasteiger partial charge in [-0.1, -0.05) is 12.8 Å². The molecule has 17 heavy (non-hydrogen) atoms. The maximum absolute atomic E-state index is 11.4. The van der Waals surface area contributed by atoms with Crippen molar-refractivity contribution in [3.63, 3.8) is 0 Å². The number of hydrogen-bond donors (Lipinski definition) is 3. The highest BCUT2D eigenvalue weighted by Crippen LogP contribution is 2.31. The molecule has 0 heterocycles. The highest BCUT2D eigenvalue weighted by atomic mass is 16.3. The second-order valence-corrected chi connectivity index (χ2v) is 4.85. The lowest BCUT2D eigenvalue weighted by Crippen LogP contribution is -2.32. The molecule has 0 aromatic rings. The number of carbonyl (C=O) groups excluding carboxylic acids is 2. The molecule has 0 aliphatic heterocycles. The number of primary amides is 1. The molecule has 5 heteroatoms. The maximum atomic E-state index is 11.4.